The van der Waals surface area contributed by atoms with Crippen molar-refractivity contribution in [2.24, 2.45) is 11.8 Å². The molecule has 1 fully saturated rings. The SMILES string of the molecule is COC(=O)C1=[C-][C@H](C)C2C(C(C)OC)C(=O)N12.[W]. The number of methoxy groups -OCH3 is 2. The largest absolute Gasteiger partial charge is 0.549 e. The number of carbonyl (C=O) groups is 2. The molecule has 0 saturated carbocycles. The van der Waals surface area contributed by atoms with Crippen LogP contribution in [0.2, 0.25) is 0 Å². The third kappa shape index (κ3) is 2.03. The van der Waals surface area contributed by atoms with E-state index >= 15 is 0 Å². The Hall–Kier alpha value is -0.672. The number of hydrogen-bond donors (Lipinski definition) is 0. The number of nitrogens with zero attached hydrogens (tertiary/aromatic N) is 1. The van der Waals surface area contributed by atoms with E-state index in [1.165, 1.54) is 12.0 Å². The monoisotopic (exact) mass is 422 g/mol. The second-order valence-electron chi connectivity index (χ2n) is 4.44. The molecule has 4 atom stereocenters. The molecule has 0 spiro atoms. The zero-order chi connectivity index (χ0) is 12.7. The maximum atomic E-state index is 12.0. The number of fused-ring (bicyclic) bond motifs is 1. The van der Waals surface area contributed by atoms with Crippen LogP contribution in [0, 0.1) is 17.9 Å². The Morgan fingerprint density at radius 3 is 2.56 bits per heavy atom. The van der Waals surface area contributed by atoms with Crippen LogP contribution >= 0.6 is 0 Å². The van der Waals surface area contributed by atoms with E-state index in [4.69, 9.17) is 4.74 Å². The average Bonchev–Trinajstić information content (AvgIpc) is 2.61. The molecule has 18 heavy (non-hydrogen) atoms. The second-order valence-corrected chi connectivity index (χ2v) is 4.44. The van der Waals surface area contributed by atoms with Gasteiger partial charge >= 0.3 is 0 Å². The fourth-order valence-corrected chi connectivity index (χ4v) is 2.58. The van der Waals surface area contributed by atoms with Crippen molar-refractivity contribution < 1.29 is 40.1 Å². The van der Waals surface area contributed by atoms with Crippen LogP contribution in [0.3, 0.4) is 0 Å². The van der Waals surface area contributed by atoms with Gasteiger partial charge in [-0.05, 0) is 12.6 Å². The summed E-state index contributed by atoms with van der Waals surface area (Å²) >= 11 is 0. The van der Waals surface area contributed by atoms with Crippen LogP contribution in [0.25, 0.3) is 0 Å². The molecule has 5 nitrogen and oxygen atoms in total. The Balaban J connectivity index is 0.00000162. The minimum Gasteiger partial charge on any atom is -0.549 e. The van der Waals surface area contributed by atoms with E-state index in [0.717, 1.165) is 0 Å². The molecule has 2 rings (SSSR count). The first-order valence-electron chi connectivity index (χ1n) is 5.60. The van der Waals surface area contributed by atoms with Crippen molar-refractivity contribution in [3.8, 4) is 0 Å². The molecular formula is C12H16NO4W-. The molecule has 2 heterocycles. The van der Waals surface area contributed by atoms with E-state index < -0.39 is 5.97 Å². The predicted molar refractivity (Wildman–Crippen MR) is 58.5 cm³/mol. The first-order chi connectivity index (χ1) is 8.02. The van der Waals surface area contributed by atoms with E-state index in [1.807, 2.05) is 13.8 Å². The van der Waals surface area contributed by atoms with Crippen LogP contribution in [0.4, 0.5) is 0 Å². The number of β-lactam (4-membered cyclic amide) rings is 1. The summed E-state index contributed by atoms with van der Waals surface area (Å²) in [6.07, 6.45) is 2.85. The molecular weight excluding hydrogens is 406 g/mol. The molecule has 2 aliphatic rings. The number of carbonyl (C=O) groups excluding carboxylic acids is 2. The van der Waals surface area contributed by atoms with Gasteiger partial charge in [-0.3, -0.25) is 4.79 Å². The minimum atomic E-state index is -0.504. The molecule has 0 N–H and O–H groups in total. The van der Waals surface area contributed by atoms with Gasteiger partial charge in [0.25, 0.3) is 0 Å². The first kappa shape index (κ1) is 15.4. The predicted octanol–water partition coefficient (Wildman–Crippen LogP) is 0.356. The van der Waals surface area contributed by atoms with Gasteiger partial charge in [-0.1, -0.05) is 12.8 Å². The summed E-state index contributed by atoms with van der Waals surface area (Å²) in [4.78, 5) is 25.0. The number of ether oxygens (including phenoxy) is 2. The normalized spacial score (nSPS) is 30.9. The van der Waals surface area contributed by atoms with E-state index in [-0.39, 0.29) is 56.7 Å². The molecule has 1 amide bonds. The number of hydrogen-bond acceptors (Lipinski definition) is 4. The summed E-state index contributed by atoms with van der Waals surface area (Å²) in [6.45, 7) is 3.80. The number of amides is 1. The van der Waals surface area contributed by atoms with Gasteiger partial charge < -0.3 is 19.2 Å². The molecule has 100 valence electrons. The van der Waals surface area contributed by atoms with Crippen molar-refractivity contribution in [2.75, 3.05) is 14.2 Å². The van der Waals surface area contributed by atoms with Crippen LogP contribution in [-0.2, 0) is 40.1 Å². The smallest absolute Gasteiger partial charge is 0.232 e. The van der Waals surface area contributed by atoms with Gasteiger partial charge in [-0.15, -0.1) is 0 Å². The summed E-state index contributed by atoms with van der Waals surface area (Å²) in [5.74, 6) is -0.744. The van der Waals surface area contributed by atoms with E-state index in [1.54, 1.807) is 7.11 Å². The molecule has 6 heteroatoms. The summed E-state index contributed by atoms with van der Waals surface area (Å²) in [7, 11) is 2.88. The molecule has 0 aromatic rings. The fourth-order valence-electron chi connectivity index (χ4n) is 2.58. The topological polar surface area (TPSA) is 55.8 Å². The van der Waals surface area contributed by atoms with Crippen LogP contribution in [0.1, 0.15) is 13.8 Å². The summed E-state index contributed by atoms with van der Waals surface area (Å²) in [5, 5.41) is 0. The van der Waals surface area contributed by atoms with Gasteiger partial charge in [0.2, 0.25) is 5.91 Å². The molecule has 3 unspecified atom stereocenters. The van der Waals surface area contributed by atoms with Crippen LogP contribution in [0.5, 0.6) is 0 Å². The maximum Gasteiger partial charge on any atom is 0.232 e. The molecule has 0 aromatic carbocycles. The van der Waals surface area contributed by atoms with Crippen molar-refractivity contribution in [3.05, 3.63) is 11.8 Å². The Labute approximate surface area is 121 Å². The van der Waals surface area contributed by atoms with Crippen molar-refractivity contribution in [3.63, 3.8) is 0 Å². The Kier molecular flexibility index (Phi) is 4.73. The molecule has 1 saturated heterocycles. The maximum absolute atomic E-state index is 12.0. The van der Waals surface area contributed by atoms with Crippen LogP contribution in [-0.4, -0.2) is 43.1 Å². The fraction of sp³-hybridized carbons (Fsp3) is 0.667. The molecule has 0 aromatic heterocycles. The summed E-state index contributed by atoms with van der Waals surface area (Å²) in [5.41, 5.74) is 0.245. The second kappa shape index (κ2) is 5.53. The molecule has 0 radical (unpaired) electrons. The molecule has 2 aliphatic heterocycles. The number of rotatable bonds is 3. The zero-order valence-electron chi connectivity index (χ0n) is 10.8. The third-order valence-corrected chi connectivity index (χ3v) is 3.56. The van der Waals surface area contributed by atoms with Gasteiger partial charge in [-0.2, -0.15) is 0 Å². The Morgan fingerprint density at radius 2 is 2.06 bits per heavy atom. The van der Waals surface area contributed by atoms with Crippen molar-refractivity contribution in [2.45, 2.75) is 26.0 Å². The Morgan fingerprint density at radius 1 is 1.44 bits per heavy atom. The van der Waals surface area contributed by atoms with Crippen molar-refractivity contribution in [1.29, 1.82) is 0 Å². The summed E-state index contributed by atoms with van der Waals surface area (Å²) < 4.78 is 9.84. The summed E-state index contributed by atoms with van der Waals surface area (Å²) in [6, 6.07) is -0.0217. The standard InChI is InChI=1S/C12H16NO4.W/c1-6-5-8(12(15)17-4)13-10(6)9(11(13)14)7(2)16-3;/h6-7,9-10H,1-4H3;/q-1;/t6-,7?,9?,10?;/m0./s1. The minimum absolute atomic E-state index is 0. The molecule has 0 aliphatic carbocycles. The van der Waals surface area contributed by atoms with Gasteiger partial charge in [0.05, 0.1) is 19.1 Å². The molecule has 0 bridgehead atoms. The zero-order valence-corrected chi connectivity index (χ0v) is 13.7. The van der Waals surface area contributed by atoms with Crippen LogP contribution in [0.15, 0.2) is 5.70 Å². The first-order valence-corrected chi connectivity index (χ1v) is 5.60. The van der Waals surface area contributed by atoms with Crippen molar-refractivity contribution >= 4 is 11.9 Å². The van der Waals surface area contributed by atoms with Gasteiger partial charge in [0, 0.05) is 34.2 Å². The Bertz CT molecular complexity index is 396. The third-order valence-electron chi connectivity index (χ3n) is 3.56. The van der Waals surface area contributed by atoms with E-state index in [0.29, 0.717) is 0 Å². The quantitative estimate of drug-likeness (QED) is 0.375. The van der Waals surface area contributed by atoms with Gasteiger partial charge in [0.1, 0.15) is 0 Å². The number of esters is 1. The van der Waals surface area contributed by atoms with E-state index in [9.17, 15) is 9.59 Å². The van der Waals surface area contributed by atoms with Crippen molar-refractivity contribution in [1.82, 2.24) is 4.90 Å². The van der Waals surface area contributed by atoms with Crippen LogP contribution < -0.4 is 0 Å². The van der Waals surface area contributed by atoms with Gasteiger partial charge in [0.15, 0.2) is 5.97 Å². The van der Waals surface area contributed by atoms with E-state index in [2.05, 4.69) is 10.8 Å². The van der Waals surface area contributed by atoms with Gasteiger partial charge in [-0.25, -0.2) is 6.08 Å². The average molecular weight is 422 g/mol.